The Morgan fingerprint density at radius 1 is 0.938 bits per heavy atom. The Hall–Kier alpha value is -3.69. The molecule has 1 amide bonds. The maximum absolute atomic E-state index is 12.8. The van der Waals surface area contributed by atoms with Crippen molar-refractivity contribution < 1.29 is 24.1 Å². The summed E-state index contributed by atoms with van der Waals surface area (Å²) in [5, 5.41) is 25.1. The molecule has 1 aliphatic rings. The number of non-ortho nitro benzene ring substituents is 2. The van der Waals surface area contributed by atoms with Crippen LogP contribution in [0.3, 0.4) is 0 Å². The molecule has 1 N–H and O–H groups in total. The number of amides is 1. The van der Waals surface area contributed by atoms with Crippen LogP contribution in [0, 0.1) is 20.2 Å². The largest absolute Gasteiger partial charge is 0.493 e. The third kappa shape index (κ3) is 4.79. The van der Waals surface area contributed by atoms with Crippen molar-refractivity contribution in [1.82, 2.24) is 5.32 Å². The van der Waals surface area contributed by atoms with Gasteiger partial charge in [0.15, 0.2) is 11.5 Å². The highest BCUT2D eigenvalue weighted by atomic mass is 16.6. The fourth-order valence-electron chi connectivity index (χ4n) is 4.25. The number of carbonyl (C=O) groups excluding carboxylic acids is 1. The molecule has 2 aromatic carbocycles. The van der Waals surface area contributed by atoms with Crippen LogP contribution in [0.5, 0.6) is 11.5 Å². The van der Waals surface area contributed by atoms with Gasteiger partial charge in [-0.25, -0.2) is 0 Å². The fraction of sp³-hybridized carbons (Fsp3) is 0.409. The molecule has 2 aromatic rings. The summed E-state index contributed by atoms with van der Waals surface area (Å²) in [6.45, 7) is 0.289. The summed E-state index contributed by atoms with van der Waals surface area (Å²) in [7, 11) is 3.12. The van der Waals surface area contributed by atoms with Gasteiger partial charge < -0.3 is 14.8 Å². The number of hydrogen-bond donors (Lipinski definition) is 1. The zero-order valence-corrected chi connectivity index (χ0v) is 18.0. The molecule has 0 aromatic heterocycles. The van der Waals surface area contributed by atoms with Crippen LogP contribution in [0.1, 0.15) is 48.0 Å². The third-order valence-electron chi connectivity index (χ3n) is 5.98. The molecule has 10 nitrogen and oxygen atoms in total. The predicted octanol–water partition coefficient (Wildman–Crippen LogP) is 4.15. The number of nitrogens with zero attached hydrogens (tertiary/aromatic N) is 2. The second-order valence-corrected chi connectivity index (χ2v) is 7.85. The van der Waals surface area contributed by atoms with Crippen molar-refractivity contribution in [1.29, 1.82) is 0 Å². The van der Waals surface area contributed by atoms with Gasteiger partial charge in [0, 0.05) is 24.1 Å². The van der Waals surface area contributed by atoms with E-state index in [2.05, 4.69) is 5.32 Å². The predicted molar refractivity (Wildman–Crippen MR) is 116 cm³/mol. The summed E-state index contributed by atoms with van der Waals surface area (Å²) in [6.07, 6.45) is 4.77. The van der Waals surface area contributed by atoms with Gasteiger partial charge in [0.1, 0.15) is 0 Å². The lowest BCUT2D eigenvalue weighted by atomic mass is 9.69. The highest BCUT2D eigenvalue weighted by molar-refractivity contribution is 5.95. The number of rotatable bonds is 8. The Kier molecular flexibility index (Phi) is 6.92. The van der Waals surface area contributed by atoms with E-state index >= 15 is 0 Å². The minimum atomic E-state index is -0.754. The van der Waals surface area contributed by atoms with Crippen LogP contribution in [0.25, 0.3) is 0 Å². The third-order valence-corrected chi connectivity index (χ3v) is 5.98. The molecule has 170 valence electrons. The van der Waals surface area contributed by atoms with Crippen molar-refractivity contribution in [3.63, 3.8) is 0 Å². The lowest BCUT2D eigenvalue weighted by molar-refractivity contribution is -0.394. The Balaban J connectivity index is 1.89. The smallest absolute Gasteiger partial charge is 0.277 e. The minimum Gasteiger partial charge on any atom is -0.493 e. The summed E-state index contributed by atoms with van der Waals surface area (Å²) in [5.41, 5.74) is -0.474. The Morgan fingerprint density at radius 3 is 2.06 bits per heavy atom. The normalized spacial score (nSPS) is 14.9. The zero-order chi connectivity index (χ0) is 23.3. The molecular weight excluding hydrogens is 418 g/mol. The summed E-state index contributed by atoms with van der Waals surface area (Å²) in [5.74, 6) is 0.605. The van der Waals surface area contributed by atoms with E-state index in [0.717, 1.165) is 55.9 Å². The maximum atomic E-state index is 12.8. The van der Waals surface area contributed by atoms with Gasteiger partial charge >= 0.3 is 0 Å². The minimum absolute atomic E-state index is 0.121. The van der Waals surface area contributed by atoms with Crippen LogP contribution in [-0.4, -0.2) is 36.5 Å². The molecule has 0 atom stereocenters. The summed E-state index contributed by atoms with van der Waals surface area (Å²) in [4.78, 5) is 33.6. The lowest BCUT2D eigenvalue weighted by Gasteiger charge is -2.38. The highest BCUT2D eigenvalue weighted by Crippen LogP contribution is 2.42. The topological polar surface area (TPSA) is 134 Å². The monoisotopic (exact) mass is 443 g/mol. The number of benzene rings is 2. The fourth-order valence-corrected chi connectivity index (χ4v) is 4.25. The van der Waals surface area contributed by atoms with Crippen molar-refractivity contribution in [2.45, 2.75) is 37.5 Å². The number of carbonyl (C=O) groups is 1. The number of hydrogen-bond acceptors (Lipinski definition) is 7. The molecule has 3 rings (SSSR count). The van der Waals surface area contributed by atoms with Gasteiger partial charge in [0.05, 0.1) is 35.7 Å². The number of methoxy groups -OCH3 is 2. The van der Waals surface area contributed by atoms with E-state index in [1.807, 2.05) is 18.2 Å². The molecule has 0 heterocycles. The van der Waals surface area contributed by atoms with Gasteiger partial charge in [-0.2, -0.15) is 0 Å². The number of nitrogens with one attached hydrogen (secondary N) is 1. The molecule has 0 saturated heterocycles. The van der Waals surface area contributed by atoms with Gasteiger partial charge in [-0.3, -0.25) is 25.0 Å². The quantitative estimate of drug-likeness (QED) is 0.478. The van der Waals surface area contributed by atoms with Crippen LogP contribution >= 0.6 is 0 Å². The summed E-state index contributed by atoms with van der Waals surface area (Å²) in [6, 6.07) is 8.63. The first-order chi connectivity index (χ1) is 15.3. The van der Waals surface area contributed by atoms with Crippen molar-refractivity contribution in [3.05, 3.63) is 67.8 Å². The molecule has 0 radical (unpaired) electrons. The van der Waals surface area contributed by atoms with E-state index in [1.54, 1.807) is 14.2 Å². The summed E-state index contributed by atoms with van der Waals surface area (Å²) < 4.78 is 10.8. The van der Waals surface area contributed by atoms with Crippen molar-refractivity contribution in [3.8, 4) is 11.5 Å². The van der Waals surface area contributed by atoms with Crippen molar-refractivity contribution in [2.24, 2.45) is 0 Å². The lowest BCUT2D eigenvalue weighted by Crippen LogP contribution is -2.42. The second kappa shape index (κ2) is 9.63. The van der Waals surface area contributed by atoms with E-state index in [0.29, 0.717) is 11.5 Å². The molecule has 0 bridgehead atoms. The molecule has 32 heavy (non-hydrogen) atoms. The van der Waals surface area contributed by atoms with Crippen molar-refractivity contribution >= 4 is 17.3 Å². The first-order valence-electron chi connectivity index (χ1n) is 10.2. The average Bonchev–Trinajstić information content (AvgIpc) is 2.82. The van der Waals surface area contributed by atoms with Gasteiger partial charge in [-0.1, -0.05) is 25.3 Å². The number of ether oxygens (including phenoxy) is 2. The van der Waals surface area contributed by atoms with Gasteiger partial charge in [0.2, 0.25) is 0 Å². The molecule has 1 saturated carbocycles. The molecule has 1 fully saturated rings. The van der Waals surface area contributed by atoms with Gasteiger partial charge in [-0.15, -0.1) is 0 Å². The Labute approximate surface area is 184 Å². The van der Waals surface area contributed by atoms with Crippen molar-refractivity contribution in [2.75, 3.05) is 20.8 Å². The number of nitro groups is 2. The molecule has 10 heteroatoms. The first-order valence-corrected chi connectivity index (χ1v) is 10.2. The Bertz CT molecular complexity index is 1000. The van der Waals surface area contributed by atoms with E-state index in [1.165, 1.54) is 0 Å². The van der Waals surface area contributed by atoms with Crippen LogP contribution in [0.2, 0.25) is 0 Å². The average molecular weight is 443 g/mol. The highest BCUT2D eigenvalue weighted by Gasteiger charge is 2.35. The maximum Gasteiger partial charge on any atom is 0.277 e. The number of nitro benzene ring substituents is 2. The molecule has 0 unspecified atom stereocenters. The van der Waals surface area contributed by atoms with E-state index in [4.69, 9.17) is 9.47 Å². The van der Waals surface area contributed by atoms with Crippen LogP contribution in [-0.2, 0) is 5.41 Å². The van der Waals surface area contributed by atoms with Crippen LogP contribution in [0.15, 0.2) is 36.4 Å². The van der Waals surface area contributed by atoms with E-state index in [-0.39, 0.29) is 17.5 Å². The van der Waals surface area contributed by atoms with Crippen LogP contribution in [0.4, 0.5) is 11.4 Å². The second-order valence-electron chi connectivity index (χ2n) is 7.85. The molecule has 1 aliphatic carbocycles. The van der Waals surface area contributed by atoms with E-state index in [9.17, 15) is 25.0 Å². The molecular formula is C22H25N3O7. The first kappa shape index (κ1) is 23.0. The molecule has 0 spiro atoms. The Morgan fingerprint density at radius 2 is 1.53 bits per heavy atom. The zero-order valence-electron chi connectivity index (χ0n) is 18.0. The van der Waals surface area contributed by atoms with Gasteiger partial charge in [-0.05, 0) is 30.5 Å². The van der Waals surface area contributed by atoms with Crippen LogP contribution < -0.4 is 14.8 Å². The SMILES string of the molecule is COc1ccc(C2(CNC(=O)c3cc([N+](=O)[O-])cc([N+](=O)[O-])c3)CCCCC2)cc1OC. The summed E-state index contributed by atoms with van der Waals surface area (Å²) >= 11 is 0. The standard InChI is InChI=1S/C22H25N3O7/c1-31-19-7-6-16(12-20(19)32-2)22(8-4-3-5-9-22)14-23-21(26)15-10-17(24(27)28)13-18(11-15)25(29)30/h6-7,10-13H,3-5,8-9,14H2,1-2H3,(H,23,26). The van der Waals surface area contributed by atoms with E-state index < -0.39 is 27.1 Å². The molecule has 0 aliphatic heterocycles. The van der Waals surface area contributed by atoms with Gasteiger partial charge in [0.25, 0.3) is 17.3 Å².